The highest BCUT2D eigenvalue weighted by Gasteiger charge is 2.31. The van der Waals surface area contributed by atoms with Crippen LogP contribution in [0.2, 0.25) is 0 Å². The molecule has 1 aliphatic carbocycles. The fraction of sp³-hybridized carbons (Fsp3) is 0.800. The minimum absolute atomic E-state index is 0.0265. The summed E-state index contributed by atoms with van der Waals surface area (Å²) >= 11 is 0. The van der Waals surface area contributed by atoms with E-state index in [1.807, 2.05) is 0 Å². The average molecular weight is 295 g/mol. The van der Waals surface area contributed by atoms with Crippen LogP contribution in [0.5, 0.6) is 0 Å². The maximum Gasteiger partial charge on any atom is 0.358 e. The van der Waals surface area contributed by atoms with Gasteiger partial charge < -0.3 is 9.84 Å². The zero-order valence-corrected chi connectivity index (χ0v) is 13.0. The highest BCUT2D eigenvalue weighted by molar-refractivity contribution is 5.84. The molecule has 1 aromatic heterocycles. The summed E-state index contributed by atoms with van der Waals surface area (Å²) in [7, 11) is 0. The van der Waals surface area contributed by atoms with E-state index in [1.54, 1.807) is 0 Å². The molecule has 3 unspecified atom stereocenters. The highest BCUT2D eigenvalue weighted by atomic mass is 16.5. The molecule has 0 aromatic carbocycles. The molecular formula is C15H25N3O3. The van der Waals surface area contributed by atoms with Gasteiger partial charge in [-0.25, -0.2) is 9.48 Å². The Balaban J connectivity index is 1.84. The molecule has 118 valence electrons. The van der Waals surface area contributed by atoms with Crippen molar-refractivity contribution in [3.63, 3.8) is 0 Å². The molecule has 1 N–H and O–H groups in total. The first-order valence-corrected chi connectivity index (χ1v) is 7.72. The molecule has 0 radical (unpaired) electrons. The van der Waals surface area contributed by atoms with Crippen molar-refractivity contribution in [2.45, 2.75) is 52.7 Å². The summed E-state index contributed by atoms with van der Waals surface area (Å²) in [5.74, 6) is 0.914. The second-order valence-corrected chi connectivity index (χ2v) is 6.41. The van der Waals surface area contributed by atoms with Crippen LogP contribution in [0.4, 0.5) is 0 Å². The molecule has 6 heteroatoms. The SMILES string of the molecule is CC1CCC(C(C)C)C(OCCn2cc(C(=O)O)nn2)C1. The lowest BCUT2D eigenvalue weighted by Crippen LogP contribution is -2.35. The Kier molecular flexibility index (Phi) is 5.33. The maximum absolute atomic E-state index is 10.7. The van der Waals surface area contributed by atoms with E-state index < -0.39 is 5.97 Å². The number of carbonyl (C=O) groups is 1. The molecule has 3 atom stereocenters. The zero-order chi connectivity index (χ0) is 15.4. The summed E-state index contributed by atoms with van der Waals surface area (Å²) in [5, 5.41) is 16.2. The smallest absolute Gasteiger partial charge is 0.358 e. The predicted molar refractivity (Wildman–Crippen MR) is 78.1 cm³/mol. The van der Waals surface area contributed by atoms with Gasteiger partial charge in [0.15, 0.2) is 5.69 Å². The van der Waals surface area contributed by atoms with E-state index in [-0.39, 0.29) is 5.69 Å². The maximum atomic E-state index is 10.7. The van der Waals surface area contributed by atoms with E-state index in [4.69, 9.17) is 9.84 Å². The number of hydrogen-bond acceptors (Lipinski definition) is 4. The second-order valence-electron chi connectivity index (χ2n) is 6.41. The van der Waals surface area contributed by atoms with Gasteiger partial charge in [-0.15, -0.1) is 5.10 Å². The van der Waals surface area contributed by atoms with E-state index in [0.717, 1.165) is 12.3 Å². The lowest BCUT2D eigenvalue weighted by Gasteiger charge is -2.37. The molecule has 0 spiro atoms. The Labute approximate surface area is 125 Å². The summed E-state index contributed by atoms with van der Waals surface area (Å²) in [6.45, 7) is 7.88. The van der Waals surface area contributed by atoms with Gasteiger partial charge in [0.25, 0.3) is 0 Å². The van der Waals surface area contributed by atoms with E-state index in [1.165, 1.54) is 23.7 Å². The van der Waals surface area contributed by atoms with Gasteiger partial charge >= 0.3 is 5.97 Å². The second kappa shape index (κ2) is 7.02. The van der Waals surface area contributed by atoms with Crippen LogP contribution in [0.1, 0.15) is 50.5 Å². The Morgan fingerprint density at radius 2 is 2.29 bits per heavy atom. The molecular weight excluding hydrogens is 270 g/mol. The van der Waals surface area contributed by atoms with Crippen LogP contribution in [0.25, 0.3) is 0 Å². The van der Waals surface area contributed by atoms with Crippen molar-refractivity contribution in [2.24, 2.45) is 17.8 Å². The number of ether oxygens (including phenoxy) is 1. The molecule has 6 nitrogen and oxygen atoms in total. The van der Waals surface area contributed by atoms with Crippen LogP contribution in [-0.2, 0) is 11.3 Å². The number of aromatic carboxylic acids is 1. The molecule has 1 fully saturated rings. The Hall–Kier alpha value is -1.43. The van der Waals surface area contributed by atoms with Crippen molar-refractivity contribution in [3.8, 4) is 0 Å². The van der Waals surface area contributed by atoms with Crippen molar-refractivity contribution < 1.29 is 14.6 Å². The normalized spacial score (nSPS) is 26.2. The molecule has 1 aromatic rings. The van der Waals surface area contributed by atoms with Crippen LogP contribution in [0, 0.1) is 17.8 Å². The van der Waals surface area contributed by atoms with Gasteiger partial charge in [-0.1, -0.05) is 32.4 Å². The molecule has 1 saturated carbocycles. The quantitative estimate of drug-likeness (QED) is 0.872. The van der Waals surface area contributed by atoms with Gasteiger partial charge in [0.2, 0.25) is 0 Å². The van der Waals surface area contributed by atoms with E-state index in [0.29, 0.717) is 31.1 Å². The van der Waals surface area contributed by atoms with Crippen LogP contribution < -0.4 is 0 Å². The zero-order valence-electron chi connectivity index (χ0n) is 13.0. The Morgan fingerprint density at radius 1 is 1.52 bits per heavy atom. The minimum Gasteiger partial charge on any atom is -0.476 e. The van der Waals surface area contributed by atoms with E-state index >= 15 is 0 Å². The first-order valence-electron chi connectivity index (χ1n) is 7.72. The third-order valence-electron chi connectivity index (χ3n) is 4.37. The third kappa shape index (κ3) is 4.27. The Bertz CT molecular complexity index is 472. The van der Waals surface area contributed by atoms with Gasteiger partial charge in [-0.3, -0.25) is 0 Å². The highest BCUT2D eigenvalue weighted by Crippen LogP contribution is 2.35. The predicted octanol–water partition coefficient (Wildman–Crippen LogP) is 2.45. The standard InChI is InChI=1S/C15H25N3O3/c1-10(2)12-5-4-11(3)8-14(12)21-7-6-18-9-13(15(19)20)16-17-18/h9-12,14H,4-8H2,1-3H3,(H,19,20). The lowest BCUT2D eigenvalue weighted by molar-refractivity contribution is -0.0416. The summed E-state index contributed by atoms with van der Waals surface area (Å²) in [6, 6.07) is 0. The van der Waals surface area contributed by atoms with E-state index in [9.17, 15) is 4.79 Å². The van der Waals surface area contributed by atoms with Crippen LogP contribution >= 0.6 is 0 Å². The monoisotopic (exact) mass is 295 g/mol. The average Bonchev–Trinajstić information content (AvgIpc) is 2.87. The summed E-state index contributed by atoms with van der Waals surface area (Å²) in [5.41, 5.74) is -0.0265. The molecule has 1 heterocycles. The molecule has 2 rings (SSSR count). The molecule has 0 amide bonds. The number of nitrogens with zero attached hydrogens (tertiary/aromatic N) is 3. The van der Waals surface area contributed by atoms with Gasteiger partial charge in [0, 0.05) is 0 Å². The van der Waals surface area contributed by atoms with Gasteiger partial charge in [0.05, 0.1) is 25.5 Å². The van der Waals surface area contributed by atoms with Crippen molar-refractivity contribution in [1.29, 1.82) is 0 Å². The number of rotatable bonds is 6. The molecule has 0 saturated heterocycles. The summed E-state index contributed by atoms with van der Waals surface area (Å²) in [6.07, 6.45) is 5.37. The number of hydrogen-bond donors (Lipinski definition) is 1. The molecule has 0 aliphatic heterocycles. The Morgan fingerprint density at radius 3 is 2.90 bits per heavy atom. The van der Waals surface area contributed by atoms with Crippen LogP contribution in [0.15, 0.2) is 6.20 Å². The molecule has 1 aliphatic rings. The fourth-order valence-electron chi connectivity index (χ4n) is 3.11. The lowest BCUT2D eigenvalue weighted by atomic mass is 9.75. The summed E-state index contributed by atoms with van der Waals surface area (Å²) in [4.78, 5) is 10.7. The van der Waals surface area contributed by atoms with Gasteiger partial charge in [-0.2, -0.15) is 0 Å². The number of carboxylic acids is 1. The van der Waals surface area contributed by atoms with Crippen molar-refractivity contribution in [2.75, 3.05) is 6.61 Å². The third-order valence-corrected chi connectivity index (χ3v) is 4.37. The molecule has 21 heavy (non-hydrogen) atoms. The first kappa shape index (κ1) is 15.9. The van der Waals surface area contributed by atoms with Gasteiger partial charge in [-0.05, 0) is 30.6 Å². The fourth-order valence-corrected chi connectivity index (χ4v) is 3.11. The van der Waals surface area contributed by atoms with Crippen molar-refractivity contribution in [3.05, 3.63) is 11.9 Å². The van der Waals surface area contributed by atoms with Gasteiger partial charge in [0.1, 0.15) is 0 Å². The summed E-state index contributed by atoms with van der Waals surface area (Å²) < 4.78 is 7.59. The number of aromatic nitrogens is 3. The number of carboxylic acid groups (broad SMARTS) is 1. The van der Waals surface area contributed by atoms with Crippen LogP contribution in [-0.4, -0.2) is 38.8 Å². The largest absolute Gasteiger partial charge is 0.476 e. The van der Waals surface area contributed by atoms with Crippen LogP contribution in [0.3, 0.4) is 0 Å². The molecule has 0 bridgehead atoms. The van der Waals surface area contributed by atoms with Crippen molar-refractivity contribution in [1.82, 2.24) is 15.0 Å². The van der Waals surface area contributed by atoms with Crippen molar-refractivity contribution >= 4 is 5.97 Å². The minimum atomic E-state index is -1.05. The van der Waals surface area contributed by atoms with E-state index in [2.05, 4.69) is 31.1 Å². The topological polar surface area (TPSA) is 77.2 Å². The first-order chi connectivity index (χ1) is 9.97.